The largest absolute Gasteiger partial charge is 0.534 e. The Labute approximate surface area is 210 Å². The van der Waals surface area contributed by atoms with Gasteiger partial charge in [0.1, 0.15) is 18.1 Å². The van der Waals surface area contributed by atoms with E-state index in [4.69, 9.17) is 14.5 Å². The number of alkyl halides is 3. The lowest BCUT2D eigenvalue weighted by Crippen LogP contribution is -2.33. The number of piperidine rings is 1. The van der Waals surface area contributed by atoms with Gasteiger partial charge in [0.15, 0.2) is 0 Å². The maximum atomic E-state index is 13.0. The molecule has 1 aromatic carbocycles. The van der Waals surface area contributed by atoms with Gasteiger partial charge >= 0.3 is 15.6 Å². The molecule has 36 heavy (non-hydrogen) atoms. The van der Waals surface area contributed by atoms with Crippen LogP contribution in [0.3, 0.4) is 0 Å². The third kappa shape index (κ3) is 7.96. The zero-order valence-corrected chi connectivity index (χ0v) is 21.5. The summed E-state index contributed by atoms with van der Waals surface area (Å²) in [7, 11) is -5.79. The fourth-order valence-electron chi connectivity index (χ4n) is 4.26. The zero-order chi connectivity index (χ0) is 26.2. The van der Waals surface area contributed by atoms with E-state index in [-0.39, 0.29) is 31.1 Å². The van der Waals surface area contributed by atoms with Crippen LogP contribution in [0.25, 0.3) is 0 Å². The Hall–Kier alpha value is -2.08. The van der Waals surface area contributed by atoms with Crippen molar-refractivity contribution < 1.29 is 40.3 Å². The van der Waals surface area contributed by atoms with Gasteiger partial charge in [0.2, 0.25) is 0 Å². The Morgan fingerprint density at radius 3 is 2.39 bits per heavy atom. The fraction of sp³-hybridized carbons (Fsp3) is 0.600. The second-order valence-electron chi connectivity index (χ2n) is 8.91. The van der Waals surface area contributed by atoms with Crippen LogP contribution >= 0.6 is 0 Å². The summed E-state index contributed by atoms with van der Waals surface area (Å²) in [5.74, 6) is 0.198. The van der Waals surface area contributed by atoms with E-state index in [0.29, 0.717) is 30.1 Å². The monoisotopic (exact) mass is 533 g/mol. The van der Waals surface area contributed by atoms with Gasteiger partial charge in [0, 0.05) is 18.9 Å². The first-order valence-electron chi connectivity index (χ1n) is 12.2. The van der Waals surface area contributed by atoms with Gasteiger partial charge < -0.3 is 8.92 Å². The molecule has 0 bridgehead atoms. The Kier molecular flexibility index (Phi) is 10.2. The van der Waals surface area contributed by atoms with E-state index in [1.54, 1.807) is 26.0 Å². The highest BCUT2D eigenvalue weighted by atomic mass is 32.2. The summed E-state index contributed by atoms with van der Waals surface area (Å²) < 4.78 is 72.7. The second-order valence-corrected chi connectivity index (χ2v) is 10.4. The van der Waals surface area contributed by atoms with Crippen LogP contribution in [0.4, 0.5) is 13.2 Å². The standard InChI is InChI=1S/C25H34F3NO6S/c1-3-33-34-18-21-9-12-24(35-36(30,31)25(26,27)28)23(19(21)2)17-20-7-10-22(11-8-20)32-16-15-29-13-5-4-6-14-29/h7-8,10-12,21H,3-6,9,13-18H2,1-2H3. The quantitative estimate of drug-likeness (QED) is 0.121. The number of halogens is 3. The van der Waals surface area contributed by atoms with Gasteiger partial charge in [0.05, 0.1) is 13.2 Å². The number of rotatable bonds is 12. The summed E-state index contributed by atoms with van der Waals surface area (Å²) in [5.41, 5.74) is -3.68. The summed E-state index contributed by atoms with van der Waals surface area (Å²) >= 11 is 0. The van der Waals surface area contributed by atoms with Crippen LogP contribution in [-0.4, -0.2) is 58.3 Å². The average Bonchev–Trinajstić information content (AvgIpc) is 2.84. The van der Waals surface area contributed by atoms with Crippen LogP contribution in [0, 0.1) is 5.92 Å². The maximum absolute atomic E-state index is 13.0. The Morgan fingerprint density at radius 2 is 1.75 bits per heavy atom. The molecule has 1 unspecified atom stereocenters. The first-order chi connectivity index (χ1) is 17.1. The highest BCUT2D eigenvalue weighted by Crippen LogP contribution is 2.36. The van der Waals surface area contributed by atoms with Gasteiger partial charge in [0.25, 0.3) is 0 Å². The topological polar surface area (TPSA) is 74.3 Å². The first kappa shape index (κ1) is 28.5. The normalized spacial score (nSPS) is 19.8. The Balaban J connectivity index is 1.69. The Morgan fingerprint density at radius 1 is 1.06 bits per heavy atom. The molecule has 1 aromatic rings. The van der Waals surface area contributed by atoms with Gasteiger partial charge in [-0.05, 0) is 75.5 Å². The van der Waals surface area contributed by atoms with Crippen LogP contribution in [0.2, 0.25) is 0 Å². The molecule has 11 heteroatoms. The zero-order valence-electron chi connectivity index (χ0n) is 20.7. The van der Waals surface area contributed by atoms with Crippen molar-refractivity contribution in [2.24, 2.45) is 5.92 Å². The first-order valence-corrected chi connectivity index (χ1v) is 13.6. The van der Waals surface area contributed by atoms with Crippen LogP contribution in [0.15, 0.2) is 47.2 Å². The van der Waals surface area contributed by atoms with E-state index in [1.165, 1.54) is 25.3 Å². The minimum Gasteiger partial charge on any atom is -0.492 e. The molecule has 1 aliphatic heterocycles. The Bertz CT molecular complexity index is 1020. The van der Waals surface area contributed by atoms with Crippen molar-refractivity contribution in [3.8, 4) is 5.75 Å². The van der Waals surface area contributed by atoms with Crippen molar-refractivity contribution >= 4 is 10.1 Å². The highest BCUT2D eigenvalue weighted by Gasteiger charge is 2.49. The summed E-state index contributed by atoms with van der Waals surface area (Å²) in [5, 5.41) is 0. The molecule has 1 saturated heterocycles. The highest BCUT2D eigenvalue weighted by molar-refractivity contribution is 7.87. The third-order valence-electron chi connectivity index (χ3n) is 6.36. The summed E-state index contributed by atoms with van der Waals surface area (Å²) in [6, 6.07) is 7.23. The number of hydrogen-bond acceptors (Lipinski definition) is 7. The molecule has 1 aliphatic carbocycles. The van der Waals surface area contributed by atoms with Gasteiger partial charge in [-0.25, -0.2) is 9.78 Å². The molecule has 0 radical (unpaired) electrons. The van der Waals surface area contributed by atoms with Crippen LogP contribution in [0.1, 0.15) is 45.1 Å². The van der Waals surface area contributed by atoms with E-state index in [9.17, 15) is 21.6 Å². The van der Waals surface area contributed by atoms with Crippen molar-refractivity contribution in [1.82, 2.24) is 4.90 Å². The van der Waals surface area contributed by atoms with E-state index < -0.39 is 15.6 Å². The van der Waals surface area contributed by atoms with Gasteiger partial charge in [-0.2, -0.15) is 21.6 Å². The number of likely N-dealkylation sites (tertiary alicyclic amines) is 1. The number of nitrogens with zero attached hydrogens (tertiary/aromatic N) is 1. The third-order valence-corrected chi connectivity index (χ3v) is 7.32. The molecule has 0 saturated carbocycles. The summed E-state index contributed by atoms with van der Waals surface area (Å²) in [4.78, 5) is 12.5. The van der Waals surface area contributed by atoms with Crippen LogP contribution in [0.5, 0.6) is 5.75 Å². The smallest absolute Gasteiger partial charge is 0.492 e. The molecular formula is C25H34F3NO6S. The summed E-state index contributed by atoms with van der Waals surface area (Å²) in [6.45, 7) is 7.66. The number of allylic oxidation sites excluding steroid dienone is 2. The maximum Gasteiger partial charge on any atom is 0.534 e. The van der Waals surface area contributed by atoms with Crippen molar-refractivity contribution in [3.05, 3.63) is 52.8 Å². The molecule has 202 valence electrons. The molecule has 2 aliphatic rings. The molecule has 1 heterocycles. The summed E-state index contributed by atoms with van der Waals surface area (Å²) in [6.07, 6.45) is 5.52. The lowest BCUT2D eigenvalue weighted by atomic mass is 9.85. The minimum absolute atomic E-state index is 0.183. The van der Waals surface area contributed by atoms with Crippen molar-refractivity contribution in [2.45, 2.75) is 51.5 Å². The average molecular weight is 534 g/mol. The number of benzene rings is 1. The molecule has 0 N–H and O–H groups in total. The van der Waals surface area contributed by atoms with Crippen LogP contribution < -0.4 is 4.74 Å². The molecule has 0 aromatic heterocycles. The fourth-order valence-corrected chi connectivity index (χ4v) is 4.76. The lowest BCUT2D eigenvalue weighted by molar-refractivity contribution is -0.296. The van der Waals surface area contributed by atoms with E-state index >= 15 is 0 Å². The van der Waals surface area contributed by atoms with Gasteiger partial charge in [-0.3, -0.25) is 4.90 Å². The molecular weight excluding hydrogens is 499 g/mol. The predicted octanol–water partition coefficient (Wildman–Crippen LogP) is 5.15. The van der Waals surface area contributed by atoms with Crippen LogP contribution in [-0.2, 0) is 30.5 Å². The lowest BCUT2D eigenvalue weighted by Gasteiger charge is -2.27. The molecule has 1 fully saturated rings. The van der Waals surface area contributed by atoms with Crippen molar-refractivity contribution in [1.29, 1.82) is 0 Å². The second kappa shape index (κ2) is 12.9. The van der Waals surface area contributed by atoms with Gasteiger partial charge in [-0.15, -0.1) is 0 Å². The molecule has 1 atom stereocenters. The van der Waals surface area contributed by atoms with E-state index in [1.807, 2.05) is 12.1 Å². The number of ether oxygens (including phenoxy) is 1. The SMILES string of the molecule is CCOOCC1CC=C(OS(=O)(=O)C(F)(F)F)C(Cc2ccc(OCCN3CCCCC3)cc2)=C1C. The van der Waals surface area contributed by atoms with E-state index in [2.05, 4.69) is 9.08 Å². The molecule has 3 rings (SSSR count). The minimum atomic E-state index is -5.79. The molecule has 0 amide bonds. The molecule has 0 spiro atoms. The number of hydrogen-bond donors (Lipinski definition) is 0. The molecule has 7 nitrogen and oxygen atoms in total. The van der Waals surface area contributed by atoms with E-state index in [0.717, 1.165) is 25.2 Å². The predicted molar refractivity (Wildman–Crippen MR) is 128 cm³/mol. The van der Waals surface area contributed by atoms with Gasteiger partial charge in [-0.1, -0.05) is 24.1 Å². The van der Waals surface area contributed by atoms with Crippen molar-refractivity contribution in [3.63, 3.8) is 0 Å². The van der Waals surface area contributed by atoms with Crippen molar-refractivity contribution in [2.75, 3.05) is 39.5 Å².